The monoisotopic (exact) mass is 804 g/mol. The highest BCUT2D eigenvalue weighted by Crippen LogP contribution is 2.42. The Kier molecular flexibility index (Phi) is 8.83. The van der Waals surface area contributed by atoms with E-state index in [1.165, 1.54) is 44.1 Å². The van der Waals surface area contributed by atoms with E-state index in [2.05, 4.69) is 240 Å². The highest BCUT2D eigenvalue weighted by atomic mass is 16.3. The van der Waals surface area contributed by atoms with Crippen molar-refractivity contribution in [1.82, 2.24) is 4.57 Å². The van der Waals surface area contributed by atoms with Gasteiger partial charge in [0.15, 0.2) is 0 Å². The van der Waals surface area contributed by atoms with E-state index in [1.54, 1.807) is 0 Å². The number of nitrogens with zero attached hydrogens (tertiary/aromatic N) is 2. The fourth-order valence-corrected chi connectivity index (χ4v) is 9.47. The average molecular weight is 805 g/mol. The molecule has 12 aromatic rings. The van der Waals surface area contributed by atoms with Gasteiger partial charge < -0.3 is 13.9 Å². The van der Waals surface area contributed by atoms with Crippen molar-refractivity contribution in [2.75, 3.05) is 4.90 Å². The van der Waals surface area contributed by atoms with Gasteiger partial charge in [0.2, 0.25) is 0 Å². The standard InChI is InChI=1S/C60H40N2O/c1-2-15-41(16-3-1)44-17-12-18-45(39-44)46-19-13-20-49(40-46)61(48-37-33-43(34-38-48)51-25-14-30-59-60(51)54-24-7-11-29-58(54)63-59)47-35-31-42(32-36-47)50-21-4-8-26-55(50)62-56-27-9-5-22-52(56)53-23-6-10-28-57(53)62/h1-40H. The maximum absolute atomic E-state index is 6.27. The number of anilines is 3. The molecule has 63 heavy (non-hydrogen) atoms. The van der Waals surface area contributed by atoms with E-state index in [9.17, 15) is 0 Å². The summed E-state index contributed by atoms with van der Waals surface area (Å²) in [4.78, 5) is 2.37. The summed E-state index contributed by atoms with van der Waals surface area (Å²) in [5.74, 6) is 0. The van der Waals surface area contributed by atoms with Crippen molar-refractivity contribution in [3.8, 4) is 50.2 Å². The van der Waals surface area contributed by atoms with E-state index in [4.69, 9.17) is 4.42 Å². The van der Waals surface area contributed by atoms with Gasteiger partial charge in [0.25, 0.3) is 0 Å². The topological polar surface area (TPSA) is 21.3 Å². The Morgan fingerprint density at radius 3 is 1.51 bits per heavy atom. The Morgan fingerprint density at radius 1 is 0.302 bits per heavy atom. The van der Waals surface area contributed by atoms with Crippen LogP contribution in [0.15, 0.2) is 247 Å². The number of benzene rings is 10. The second-order valence-corrected chi connectivity index (χ2v) is 16.1. The van der Waals surface area contributed by atoms with Crippen molar-refractivity contribution in [1.29, 1.82) is 0 Å². The molecule has 0 amide bonds. The molecule has 3 heteroatoms. The summed E-state index contributed by atoms with van der Waals surface area (Å²) >= 11 is 0. The molecule has 2 aromatic heterocycles. The second kappa shape index (κ2) is 15.3. The van der Waals surface area contributed by atoms with Crippen LogP contribution in [0.2, 0.25) is 0 Å². The van der Waals surface area contributed by atoms with Crippen LogP contribution in [0.3, 0.4) is 0 Å². The zero-order valence-electron chi connectivity index (χ0n) is 34.4. The molecule has 296 valence electrons. The van der Waals surface area contributed by atoms with Crippen LogP contribution in [-0.2, 0) is 0 Å². The maximum Gasteiger partial charge on any atom is 0.136 e. The molecule has 10 aromatic carbocycles. The number of aromatic nitrogens is 1. The minimum Gasteiger partial charge on any atom is -0.456 e. The molecule has 0 N–H and O–H groups in total. The van der Waals surface area contributed by atoms with Gasteiger partial charge in [0.1, 0.15) is 11.2 Å². The van der Waals surface area contributed by atoms with Crippen LogP contribution in [0.25, 0.3) is 93.9 Å². The van der Waals surface area contributed by atoms with E-state index in [0.29, 0.717) is 0 Å². The molecule has 0 saturated carbocycles. The van der Waals surface area contributed by atoms with Crippen molar-refractivity contribution < 1.29 is 4.42 Å². The first-order valence-corrected chi connectivity index (χ1v) is 21.5. The lowest BCUT2D eigenvalue weighted by Gasteiger charge is -2.26. The molecule has 0 aliphatic heterocycles. The van der Waals surface area contributed by atoms with Crippen molar-refractivity contribution in [2.24, 2.45) is 0 Å². The second-order valence-electron chi connectivity index (χ2n) is 16.1. The Bertz CT molecular complexity index is 3560. The molecule has 2 heterocycles. The van der Waals surface area contributed by atoms with Gasteiger partial charge in [0, 0.05) is 44.2 Å². The van der Waals surface area contributed by atoms with E-state index in [0.717, 1.165) is 66.9 Å². The molecule has 0 fully saturated rings. The minimum absolute atomic E-state index is 0.896. The molecule has 12 rings (SSSR count). The highest BCUT2D eigenvalue weighted by Gasteiger charge is 2.19. The number of hydrogen-bond acceptors (Lipinski definition) is 2. The number of fused-ring (bicyclic) bond motifs is 6. The van der Waals surface area contributed by atoms with E-state index in [-0.39, 0.29) is 0 Å². The summed E-state index contributed by atoms with van der Waals surface area (Å²) in [5, 5.41) is 4.77. The first-order chi connectivity index (χ1) is 31.2. The average Bonchev–Trinajstić information content (AvgIpc) is 3.91. The van der Waals surface area contributed by atoms with Crippen molar-refractivity contribution >= 4 is 60.8 Å². The van der Waals surface area contributed by atoms with Gasteiger partial charge in [-0.1, -0.05) is 170 Å². The molecule has 0 saturated heterocycles. The molecular formula is C60H40N2O. The summed E-state index contributed by atoms with van der Waals surface area (Å²) in [5.41, 5.74) is 17.9. The van der Waals surface area contributed by atoms with Gasteiger partial charge in [-0.15, -0.1) is 0 Å². The Balaban J connectivity index is 0.971. The first kappa shape index (κ1) is 36.5. The fourth-order valence-electron chi connectivity index (χ4n) is 9.47. The summed E-state index contributed by atoms with van der Waals surface area (Å²) in [6.45, 7) is 0. The SMILES string of the molecule is c1ccc(-c2cccc(-c3cccc(N(c4ccc(-c5ccccc5-n5c6ccccc6c6ccccc65)cc4)c4ccc(-c5cccc6oc7ccccc7c56)cc4)c3)c2)cc1. The summed E-state index contributed by atoms with van der Waals surface area (Å²) in [7, 11) is 0. The largest absolute Gasteiger partial charge is 0.456 e. The van der Waals surface area contributed by atoms with Gasteiger partial charge in [-0.3, -0.25) is 0 Å². The molecular weight excluding hydrogens is 765 g/mol. The molecule has 0 aliphatic carbocycles. The third-order valence-electron chi connectivity index (χ3n) is 12.4. The molecule has 0 bridgehead atoms. The van der Waals surface area contributed by atoms with Crippen LogP contribution in [0, 0.1) is 0 Å². The summed E-state index contributed by atoms with van der Waals surface area (Å²) in [6.07, 6.45) is 0. The fraction of sp³-hybridized carbons (Fsp3) is 0. The zero-order chi connectivity index (χ0) is 41.7. The molecule has 3 nitrogen and oxygen atoms in total. The molecule has 0 unspecified atom stereocenters. The third kappa shape index (κ3) is 6.38. The van der Waals surface area contributed by atoms with Gasteiger partial charge >= 0.3 is 0 Å². The molecule has 0 atom stereocenters. The van der Waals surface area contributed by atoms with Crippen LogP contribution < -0.4 is 4.90 Å². The molecule has 0 spiro atoms. The number of furan rings is 1. The van der Waals surface area contributed by atoms with Crippen molar-refractivity contribution in [3.05, 3.63) is 243 Å². The molecule has 0 aliphatic rings. The number of hydrogen-bond donors (Lipinski definition) is 0. The highest BCUT2D eigenvalue weighted by molar-refractivity contribution is 6.12. The predicted molar refractivity (Wildman–Crippen MR) is 264 cm³/mol. The lowest BCUT2D eigenvalue weighted by atomic mass is 9.98. The van der Waals surface area contributed by atoms with E-state index < -0.39 is 0 Å². The van der Waals surface area contributed by atoms with Crippen LogP contribution in [0.4, 0.5) is 17.1 Å². The predicted octanol–water partition coefficient (Wildman–Crippen LogP) is 16.8. The lowest BCUT2D eigenvalue weighted by molar-refractivity contribution is 0.669. The normalized spacial score (nSPS) is 11.5. The first-order valence-electron chi connectivity index (χ1n) is 21.5. The third-order valence-corrected chi connectivity index (χ3v) is 12.4. The lowest BCUT2D eigenvalue weighted by Crippen LogP contribution is -2.10. The quantitative estimate of drug-likeness (QED) is 0.153. The van der Waals surface area contributed by atoms with Gasteiger partial charge in [0.05, 0.1) is 16.7 Å². The van der Waals surface area contributed by atoms with Crippen LogP contribution in [-0.4, -0.2) is 4.57 Å². The smallest absolute Gasteiger partial charge is 0.136 e. The van der Waals surface area contributed by atoms with Gasteiger partial charge in [-0.05, 0) is 112 Å². The maximum atomic E-state index is 6.27. The number of rotatable bonds is 8. The van der Waals surface area contributed by atoms with Crippen LogP contribution >= 0.6 is 0 Å². The molecule has 0 radical (unpaired) electrons. The Morgan fingerprint density at radius 2 is 0.794 bits per heavy atom. The Labute approximate surface area is 366 Å². The van der Waals surface area contributed by atoms with Crippen molar-refractivity contribution in [2.45, 2.75) is 0 Å². The van der Waals surface area contributed by atoms with E-state index >= 15 is 0 Å². The van der Waals surface area contributed by atoms with Crippen molar-refractivity contribution in [3.63, 3.8) is 0 Å². The van der Waals surface area contributed by atoms with Gasteiger partial charge in [-0.25, -0.2) is 0 Å². The zero-order valence-corrected chi connectivity index (χ0v) is 34.4. The van der Waals surface area contributed by atoms with Crippen LogP contribution in [0.1, 0.15) is 0 Å². The summed E-state index contributed by atoms with van der Waals surface area (Å²) < 4.78 is 8.68. The van der Waals surface area contributed by atoms with Crippen LogP contribution in [0.5, 0.6) is 0 Å². The minimum atomic E-state index is 0.896. The number of para-hydroxylation sites is 4. The van der Waals surface area contributed by atoms with E-state index in [1.807, 2.05) is 12.1 Å². The summed E-state index contributed by atoms with van der Waals surface area (Å²) in [6, 6.07) is 87.1. The van der Waals surface area contributed by atoms with Gasteiger partial charge in [-0.2, -0.15) is 0 Å². The Hall–Kier alpha value is -8.40.